The lowest BCUT2D eigenvalue weighted by Crippen LogP contribution is -2.50. The number of Topliss-reactive ketones (excluding diaryl/α,β-unsaturated/α-hetero) is 2. The van der Waals surface area contributed by atoms with Gasteiger partial charge < -0.3 is 14.8 Å². The van der Waals surface area contributed by atoms with Crippen molar-refractivity contribution in [2.75, 3.05) is 33.3 Å². The molecule has 2 aliphatic rings. The molecular formula is C23H40N2O4. The van der Waals surface area contributed by atoms with Gasteiger partial charge in [0.25, 0.3) is 0 Å². The van der Waals surface area contributed by atoms with Crippen LogP contribution in [0, 0.1) is 0 Å². The number of ketones is 2. The number of hydrogen-bond acceptors (Lipinski definition) is 6. The minimum Gasteiger partial charge on any atom is -0.359 e. The molecule has 2 heterocycles. The van der Waals surface area contributed by atoms with Crippen molar-refractivity contribution in [3.8, 4) is 0 Å². The van der Waals surface area contributed by atoms with Crippen LogP contribution in [0.5, 0.6) is 0 Å². The third-order valence-electron chi connectivity index (χ3n) is 4.33. The minimum absolute atomic E-state index is 0. The summed E-state index contributed by atoms with van der Waals surface area (Å²) in [6, 6.07) is 6.55. The Morgan fingerprint density at radius 2 is 1.55 bits per heavy atom. The standard InChI is InChI=1S/C9H8O2.C8H16N2O.C3H6O.C2H6.CH4/c1-7(11)9-4-2-8(6-10)3-5-9;1-10-6-7-11-8(10)2-4-9-5-3-8;1-3(2)4;1-2;/h2-6H,1H3;9H,2-7H2,1H3;1-2H3;1-2H3;1H4. The molecule has 0 bridgehead atoms. The maximum atomic E-state index is 10.8. The number of carbonyl (C=O) groups is 3. The van der Waals surface area contributed by atoms with Gasteiger partial charge in [0.1, 0.15) is 17.8 Å². The smallest absolute Gasteiger partial charge is 0.159 e. The SMILES string of the molecule is C.CC.CC(=O)c1ccc(C=O)cc1.CC(C)=O.CN1CCOC12CCNCC2. The molecule has 1 spiro atoms. The molecule has 0 amide bonds. The summed E-state index contributed by atoms with van der Waals surface area (Å²) in [6.07, 6.45) is 3.04. The highest BCUT2D eigenvalue weighted by Gasteiger charge is 2.40. The van der Waals surface area contributed by atoms with E-state index in [1.165, 1.54) is 20.8 Å². The summed E-state index contributed by atoms with van der Waals surface area (Å²) < 4.78 is 5.78. The van der Waals surface area contributed by atoms with E-state index in [-0.39, 0.29) is 24.7 Å². The molecule has 0 saturated carbocycles. The quantitative estimate of drug-likeness (QED) is 0.589. The van der Waals surface area contributed by atoms with Crippen LogP contribution in [0.4, 0.5) is 0 Å². The first-order chi connectivity index (χ1) is 13.3. The van der Waals surface area contributed by atoms with Gasteiger partial charge in [0.2, 0.25) is 0 Å². The molecule has 6 heteroatoms. The van der Waals surface area contributed by atoms with Crippen LogP contribution in [0.1, 0.15) is 75.6 Å². The summed E-state index contributed by atoms with van der Waals surface area (Å²) in [4.78, 5) is 32.8. The Balaban J connectivity index is 0. The lowest BCUT2D eigenvalue weighted by atomic mass is 10.0. The van der Waals surface area contributed by atoms with Crippen LogP contribution < -0.4 is 5.32 Å². The molecule has 0 unspecified atom stereocenters. The van der Waals surface area contributed by atoms with Crippen LogP contribution in [0.25, 0.3) is 0 Å². The van der Waals surface area contributed by atoms with E-state index in [1.54, 1.807) is 24.3 Å². The van der Waals surface area contributed by atoms with Crippen molar-refractivity contribution in [2.45, 2.75) is 60.6 Å². The number of carbonyl (C=O) groups excluding carboxylic acids is 3. The predicted octanol–water partition coefficient (Wildman–Crippen LogP) is 3.99. The zero-order valence-corrected chi connectivity index (χ0v) is 18.2. The predicted molar refractivity (Wildman–Crippen MR) is 120 cm³/mol. The monoisotopic (exact) mass is 408 g/mol. The Morgan fingerprint density at radius 1 is 1.07 bits per heavy atom. The van der Waals surface area contributed by atoms with Gasteiger partial charge in [-0.05, 0) is 40.9 Å². The molecule has 29 heavy (non-hydrogen) atoms. The Labute approximate surface area is 177 Å². The highest BCUT2D eigenvalue weighted by molar-refractivity contribution is 5.94. The number of likely N-dealkylation sites (N-methyl/N-ethyl adjacent to an activating group) is 1. The summed E-state index contributed by atoms with van der Waals surface area (Å²) in [7, 11) is 2.16. The fourth-order valence-corrected chi connectivity index (χ4v) is 2.83. The van der Waals surface area contributed by atoms with Gasteiger partial charge in [-0.15, -0.1) is 0 Å². The molecule has 166 valence electrons. The molecule has 0 atom stereocenters. The third-order valence-corrected chi connectivity index (χ3v) is 4.33. The van der Waals surface area contributed by atoms with Crippen molar-refractivity contribution in [1.29, 1.82) is 0 Å². The molecule has 1 aromatic rings. The molecule has 2 saturated heterocycles. The van der Waals surface area contributed by atoms with E-state index in [2.05, 4.69) is 17.3 Å². The molecule has 0 radical (unpaired) electrons. The molecule has 2 fully saturated rings. The van der Waals surface area contributed by atoms with E-state index in [0.29, 0.717) is 11.1 Å². The third kappa shape index (κ3) is 11.0. The highest BCUT2D eigenvalue weighted by atomic mass is 16.5. The first-order valence-corrected chi connectivity index (χ1v) is 9.90. The fourth-order valence-electron chi connectivity index (χ4n) is 2.83. The zero-order chi connectivity index (χ0) is 21.6. The van der Waals surface area contributed by atoms with E-state index < -0.39 is 0 Å². The number of aldehydes is 1. The van der Waals surface area contributed by atoms with Gasteiger partial charge in [-0.2, -0.15) is 0 Å². The number of benzene rings is 1. The number of rotatable bonds is 2. The van der Waals surface area contributed by atoms with Crippen molar-refractivity contribution in [3.05, 3.63) is 35.4 Å². The van der Waals surface area contributed by atoms with Gasteiger partial charge in [0.05, 0.1) is 6.61 Å². The van der Waals surface area contributed by atoms with Gasteiger partial charge in [0.15, 0.2) is 5.78 Å². The van der Waals surface area contributed by atoms with Crippen molar-refractivity contribution in [3.63, 3.8) is 0 Å². The fraction of sp³-hybridized carbons (Fsp3) is 0.609. The van der Waals surface area contributed by atoms with Gasteiger partial charge in [-0.1, -0.05) is 45.5 Å². The molecule has 1 N–H and O–H groups in total. The average Bonchev–Trinajstić information content (AvgIpc) is 3.03. The van der Waals surface area contributed by atoms with E-state index in [1.807, 2.05) is 13.8 Å². The zero-order valence-electron chi connectivity index (χ0n) is 18.2. The van der Waals surface area contributed by atoms with Crippen molar-refractivity contribution in [2.24, 2.45) is 0 Å². The van der Waals surface area contributed by atoms with Crippen LogP contribution in [0.15, 0.2) is 24.3 Å². The number of nitrogens with zero attached hydrogens (tertiary/aromatic N) is 1. The molecular weight excluding hydrogens is 368 g/mol. The largest absolute Gasteiger partial charge is 0.359 e. The molecule has 3 rings (SSSR count). The second-order valence-electron chi connectivity index (χ2n) is 6.67. The van der Waals surface area contributed by atoms with Crippen molar-refractivity contribution >= 4 is 17.9 Å². The highest BCUT2D eigenvalue weighted by Crippen LogP contribution is 2.30. The summed E-state index contributed by atoms with van der Waals surface area (Å²) in [5.41, 5.74) is 1.33. The topological polar surface area (TPSA) is 75.7 Å². The molecule has 1 aromatic carbocycles. The number of hydrogen-bond donors (Lipinski definition) is 1. The molecule has 0 aromatic heterocycles. The number of ether oxygens (including phenoxy) is 1. The van der Waals surface area contributed by atoms with Gasteiger partial charge >= 0.3 is 0 Å². The van der Waals surface area contributed by atoms with Gasteiger partial charge in [-0.25, -0.2) is 0 Å². The lowest BCUT2D eigenvalue weighted by Gasteiger charge is -2.38. The summed E-state index contributed by atoms with van der Waals surface area (Å²) in [6.45, 7) is 12.8. The maximum Gasteiger partial charge on any atom is 0.159 e. The average molecular weight is 409 g/mol. The lowest BCUT2D eigenvalue weighted by molar-refractivity contribution is -0.115. The summed E-state index contributed by atoms with van der Waals surface area (Å²) >= 11 is 0. The van der Waals surface area contributed by atoms with E-state index in [4.69, 9.17) is 4.74 Å². The van der Waals surface area contributed by atoms with Crippen molar-refractivity contribution in [1.82, 2.24) is 10.2 Å². The Hall–Kier alpha value is -1.89. The first kappa shape index (κ1) is 29.3. The minimum atomic E-state index is 0. The van der Waals surface area contributed by atoms with Crippen LogP contribution >= 0.6 is 0 Å². The Kier molecular flexibility index (Phi) is 16.1. The maximum absolute atomic E-state index is 10.8. The summed E-state index contributed by atoms with van der Waals surface area (Å²) in [5.74, 6) is 0.183. The van der Waals surface area contributed by atoms with E-state index in [0.717, 1.165) is 45.4 Å². The second kappa shape index (κ2) is 16.0. The second-order valence-corrected chi connectivity index (χ2v) is 6.67. The Bertz CT molecular complexity index is 589. The summed E-state index contributed by atoms with van der Waals surface area (Å²) in [5, 5.41) is 3.35. The van der Waals surface area contributed by atoms with Crippen LogP contribution in [0.3, 0.4) is 0 Å². The Morgan fingerprint density at radius 3 is 1.90 bits per heavy atom. The van der Waals surface area contributed by atoms with Crippen LogP contribution in [-0.2, 0) is 9.53 Å². The van der Waals surface area contributed by atoms with Crippen LogP contribution in [0.2, 0.25) is 0 Å². The normalized spacial score (nSPS) is 16.5. The van der Waals surface area contributed by atoms with Gasteiger partial charge in [0, 0.05) is 30.5 Å². The van der Waals surface area contributed by atoms with Gasteiger partial charge in [-0.3, -0.25) is 14.5 Å². The number of nitrogens with one attached hydrogen (secondary N) is 1. The number of piperidine rings is 1. The van der Waals surface area contributed by atoms with Crippen LogP contribution in [-0.4, -0.2) is 61.8 Å². The first-order valence-electron chi connectivity index (χ1n) is 9.90. The molecule has 2 aliphatic heterocycles. The molecule has 6 nitrogen and oxygen atoms in total. The van der Waals surface area contributed by atoms with E-state index >= 15 is 0 Å². The van der Waals surface area contributed by atoms with Crippen molar-refractivity contribution < 1.29 is 19.1 Å². The van der Waals surface area contributed by atoms with E-state index in [9.17, 15) is 14.4 Å². The molecule has 0 aliphatic carbocycles.